The normalized spacial score (nSPS) is 17.9. The van der Waals surface area contributed by atoms with E-state index in [0.29, 0.717) is 22.9 Å². The second-order valence-electron chi connectivity index (χ2n) is 8.45. The van der Waals surface area contributed by atoms with E-state index in [1.54, 1.807) is 24.3 Å². The van der Waals surface area contributed by atoms with Gasteiger partial charge in [0.15, 0.2) is 0 Å². The zero-order chi connectivity index (χ0) is 27.2. The number of rotatable bonds is 5. The fraction of sp³-hybridized carbons (Fsp3) is 0.240. The Hall–Kier alpha value is -3.60. The van der Waals surface area contributed by atoms with Gasteiger partial charge in [-0.2, -0.15) is 26.3 Å². The van der Waals surface area contributed by atoms with Crippen molar-refractivity contribution in [3.8, 4) is 0 Å². The van der Waals surface area contributed by atoms with Crippen LogP contribution in [0.3, 0.4) is 0 Å². The number of hydrogen-bond donors (Lipinski definition) is 1. The van der Waals surface area contributed by atoms with Crippen molar-refractivity contribution >= 4 is 39.8 Å². The zero-order valence-corrected chi connectivity index (χ0v) is 19.7. The molecular weight excluding hydrogens is 526 g/mol. The average molecular weight is 543 g/mol. The number of oxime groups is 1. The number of carbonyl (C=O) groups excluding carboxylic acids is 2. The Morgan fingerprint density at radius 1 is 1.03 bits per heavy atom. The number of benzene rings is 3. The number of amides is 1. The van der Waals surface area contributed by atoms with Crippen molar-refractivity contribution in [2.75, 3.05) is 6.54 Å². The summed E-state index contributed by atoms with van der Waals surface area (Å²) >= 11 is 5.75. The maximum absolute atomic E-state index is 14.4. The summed E-state index contributed by atoms with van der Waals surface area (Å²) in [6, 6.07) is 10.7. The molecule has 0 radical (unpaired) electrons. The van der Waals surface area contributed by atoms with Gasteiger partial charge in [-0.1, -0.05) is 47.1 Å². The molecule has 3 aromatic rings. The van der Waals surface area contributed by atoms with Crippen LogP contribution in [0.25, 0.3) is 10.8 Å². The quantitative estimate of drug-likeness (QED) is 0.379. The van der Waals surface area contributed by atoms with Gasteiger partial charge in [-0.3, -0.25) is 9.59 Å². The number of halogens is 7. The van der Waals surface area contributed by atoms with Gasteiger partial charge in [0.1, 0.15) is 5.78 Å². The first-order valence-corrected chi connectivity index (χ1v) is 11.1. The van der Waals surface area contributed by atoms with Crippen LogP contribution in [-0.4, -0.2) is 30.1 Å². The van der Waals surface area contributed by atoms with E-state index in [-0.39, 0.29) is 29.2 Å². The first-order chi connectivity index (χ1) is 17.2. The van der Waals surface area contributed by atoms with Gasteiger partial charge in [-0.25, -0.2) is 0 Å². The molecule has 5 nitrogen and oxygen atoms in total. The minimum Gasteiger partial charge on any atom is -0.374 e. The average Bonchev–Trinajstić information content (AvgIpc) is 3.28. The second kappa shape index (κ2) is 9.37. The molecular formula is C25H17ClF6N2O3. The summed E-state index contributed by atoms with van der Waals surface area (Å²) in [6.45, 7) is 1.09. The van der Waals surface area contributed by atoms with Crippen molar-refractivity contribution in [2.24, 2.45) is 5.16 Å². The molecule has 1 amide bonds. The van der Waals surface area contributed by atoms with E-state index in [9.17, 15) is 35.9 Å². The van der Waals surface area contributed by atoms with Crippen molar-refractivity contribution in [1.82, 2.24) is 5.32 Å². The summed E-state index contributed by atoms with van der Waals surface area (Å²) in [7, 11) is 0. The second-order valence-corrected chi connectivity index (χ2v) is 8.88. The Labute approximate surface area is 211 Å². The molecule has 0 saturated carbocycles. The number of nitrogens with one attached hydrogen (secondary N) is 1. The van der Waals surface area contributed by atoms with Crippen molar-refractivity contribution in [3.63, 3.8) is 0 Å². The van der Waals surface area contributed by atoms with Crippen LogP contribution in [0.15, 0.2) is 59.8 Å². The maximum atomic E-state index is 14.4. The number of ketones is 1. The third-order valence-corrected chi connectivity index (χ3v) is 6.07. The van der Waals surface area contributed by atoms with Crippen molar-refractivity contribution < 1.29 is 40.8 Å². The van der Waals surface area contributed by atoms with Crippen LogP contribution in [-0.2, 0) is 21.4 Å². The minimum atomic E-state index is -5.16. The topological polar surface area (TPSA) is 67.8 Å². The van der Waals surface area contributed by atoms with Gasteiger partial charge in [0.2, 0.25) is 0 Å². The van der Waals surface area contributed by atoms with Crippen LogP contribution in [0.4, 0.5) is 26.3 Å². The summed E-state index contributed by atoms with van der Waals surface area (Å²) in [5, 5.41) is 6.28. The minimum absolute atomic E-state index is 0.173. The lowest BCUT2D eigenvalue weighted by atomic mass is 9.84. The lowest BCUT2D eigenvalue weighted by molar-refractivity contribution is -0.276. The first kappa shape index (κ1) is 26.5. The standard InChI is InChI=1S/C25H17ClF6N2O3/c1-13(35)12-33-22(36)20-7-6-19(17-4-2-3-5-18(17)20)21-11-23(37-34-21,25(30,31)32)14-8-15(24(27,28)29)10-16(26)9-14/h2-10H,11-12H2,1H3,(H,33,36). The highest BCUT2D eigenvalue weighted by Gasteiger charge is 2.62. The summed E-state index contributed by atoms with van der Waals surface area (Å²) < 4.78 is 83.1. The molecule has 1 N–H and O–H groups in total. The number of Topliss-reactive ketones (excluding diaryl/α,β-unsaturated/α-hetero) is 1. The van der Waals surface area contributed by atoms with Crippen LogP contribution >= 0.6 is 11.6 Å². The van der Waals surface area contributed by atoms with Gasteiger partial charge in [-0.05, 0) is 42.0 Å². The molecule has 1 aliphatic rings. The molecule has 1 aliphatic heterocycles. The molecule has 1 heterocycles. The van der Waals surface area contributed by atoms with Crippen LogP contribution in [0, 0.1) is 0 Å². The predicted molar refractivity (Wildman–Crippen MR) is 123 cm³/mol. The molecule has 0 spiro atoms. The monoisotopic (exact) mass is 542 g/mol. The van der Waals surface area contributed by atoms with Crippen LogP contribution in [0.1, 0.15) is 40.4 Å². The molecule has 12 heteroatoms. The van der Waals surface area contributed by atoms with Crippen molar-refractivity contribution in [3.05, 3.63) is 81.9 Å². The third kappa shape index (κ3) is 5.00. The third-order valence-electron chi connectivity index (χ3n) is 5.85. The molecule has 0 aromatic heterocycles. The lowest BCUT2D eigenvalue weighted by Gasteiger charge is -2.30. The number of hydrogen-bond acceptors (Lipinski definition) is 4. The maximum Gasteiger partial charge on any atom is 0.435 e. The summed E-state index contributed by atoms with van der Waals surface area (Å²) in [4.78, 5) is 28.7. The van der Waals surface area contributed by atoms with Gasteiger partial charge in [0.25, 0.3) is 11.5 Å². The van der Waals surface area contributed by atoms with Gasteiger partial charge in [0.05, 0.1) is 17.8 Å². The van der Waals surface area contributed by atoms with Crippen LogP contribution in [0.5, 0.6) is 0 Å². The Morgan fingerprint density at radius 3 is 2.32 bits per heavy atom. The SMILES string of the molecule is CC(=O)CNC(=O)c1ccc(C2=NOC(c3cc(Cl)cc(C(F)(F)F)c3)(C(F)(F)F)C2)c2ccccc12. The first-order valence-electron chi connectivity index (χ1n) is 10.7. The molecule has 4 rings (SSSR count). The smallest absolute Gasteiger partial charge is 0.374 e. The molecule has 0 saturated heterocycles. The Balaban J connectivity index is 1.78. The largest absolute Gasteiger partial charge is 0.435 e. The highest BCUT2D eigenvalue weighted by Crippen LogP contribution is 2.50. The summed E-state index contributed by atoms with van der Waals surface area (Å²) in [5.74, 6) is -0.837. The van der Waals surface area contributed by atoms with E-state index < -0.39 is 46.4 Å². The van der Waals surface area contributed by atoms with E-state index in [0.717, 1.165) is 6.07 Å². The van der Waals surface area contributed by atoms with Gasteiger partial charge >= 0.3 is 12.4 Å². The molecule has 1 unspecified atom stereocenters. The highest BCUT2D eigenvalue weighted by molar-refractivity contribution is 6.30. The Kier molecular flexibility index (Phi) is 6.70. The summed E-state index contributed by atoms with van der Waals surface area (Å²) in [5.41, 5.74) is -5.23. The Bertz CT molecular complexity index is 1430. The van der Waals surface area contributed by atoms with Gasteiger partial charge in [0, 0.05) is 28.1 Å². The molecule has 0 aliphatic carbocycles. The van der Waals surface area contributed by atoms with Crippen molar-refractivity contribution in [1.29, 1.82) is 0 Å². The van der Waals surface area contributed by atoms with E-state index in [1.807, 2.05) is 0 Å². The van der Waals surface area contributed by atoms with Crippen molar-refractivity contribution in [2.45, 2.75) is 31.3 Å². The predicted octanol–water partition coefficient (Wildman–Crippen LogP) is 6.41. The Morgan fingerprint density at radius 2 is 1.70 bits per heavy atom. The molecule has 3 aromatic carbocycles. The fourth-order valence-corrected chi connectivity index (χ4v) is 4.32. The summed E-state index contributed by atoms with van der Waals surface area (Å²) in [6.07, 6.45) is -11.0. The number of alkyl halides is 6. The molecule has 0 bridgehead atoms. The molecule has 1 atom stereocenters. The number of fused-ring (bicyclic) bond motifs is 1. The van der Waals surface area contributed by atoms with Gasteiger partial charge in [-0.15, -0.1) is 0 Å². The van der Waals surface area contributed by atoms with E-state index in [4.69, 9.17) is 16.4 Å². The number of carbonyl (C=O) groups is 2. The van der Waals surface area contributed by atoms with Gasteiger partial charge < -0.3 is 10.2 Å². The number of nitrogens with zero attached hydrogens (tertiary/aromatic N) is 1. The highest BCUT2D eigenvalue weighted by atomic mass is 35.5. The van der Waals surface area contributed by atoms with E-state index in [1.165, 1.54) is 19.1 Å². The molecule has 194 valence electrons. The fourth-order valence-electron chi connectivity index (χ4n) is 4.08. The lowest BCUT2D eigenvalue weighted by Crippen LogP contribution is -2.43. The molecule has 0 fully saturated rings. The molecule has 37 heavy (non-hydrogen) atoms. The zero-order valence-electron chi connectivity index (χ0n) is 18.9. The van der Waals surface area contributed by atoms with Crippen LogP contribution in [0.2, 0.25) is 5.02 Å². The van der Waals surface area contributed by atoms with E-state index in [2.05, 4.69) is 10.5 Å². The van der Waals surface area contributed by atoms with E-state index >= 15 is 0 Å². The van der Waals surface area contributed by atoms with Crippen LogP contribution < -0.4 is 5.32 Å².